The van der Waals surface area contributed by atoms with Crippen molar-refractivity contribution in [2.24, 2.45) is 0 Å². The van der Waals surface area contributed by atoms with Crippen molar-refractivity contribution in [3.8, 4) is 5.69 Å². The summed E-state index contributed by atoms with van der Waals surface area (Å²) in [6.45, 7) is 3.57. The first-order valence-electron chi connectivity index (χ1n) is 9.60. The van der Waals surface area contributed by atoms with E-state index in [1.165, 1.54) is 6.33 Å². The minimum Gasteiger partial charge on any atom is -0.321 e. The lowest BCUT2D eigenvalue weighted by atomic mass is 10.00. The second kappa shape index (κ2) is 8.20. The van der Waals surface area contributed by atoms with Crippen LogP contribution >= 0.6 is 0 Å². The van der Waals surface area contributed by atoms with Crippen LogP contribution in [-0.4, -0.2) is 53.5 Å². The molecule has 0 aliphatic carbocycles. The van der Waals surface area contributed by atoms with E-state index in [9.17, 15) is 4.79 Å². The first-order chi connectivity index (χ1) is 13.7. The van der Waals surface area contributed by atoms with E-state index < -0.39 is 0 Å². The molecule has 1 aromatic carbocycles. The predicted molar refractivity (Wildman–Crippen MR) is 104 cm³/mol. The van der Waals surface area contributed by atoms with Gasteiger partial charge in [0, 0.05) is 37.2 Å². The van der Waals surface area contributed by atoms with Crippen LogP contribution in [0.25, 0.3) is 5.69 Å². The summed E-state index contributed by atoms with van der Waals surface area (Å²) in [5.41, 5.74) is 2.57. The van der Waals surface area contributed by atoms with Crippen LogP contribution in [0.1, 0.15) is 31.2 Å². The number of carbonyl (C=O) groups is 1. The molecule has 146 valence electrons. The van der Waals surface area contributed by atoms with Gasteiger partial charge in [0.1, 0.15) is 6.33 Å². The third-order valence-corrected chi connectivity index (χ3v) is 5.21. The number of carbonyl (C=O) groups excluding carboxylic acids is 1. The summed E-state index contributed by atoms with van der Waals surface area (Å²) in [5.74, 6) is 0. The highest BCUT2D eigenvalue weighted by molar-refractivity contribution is 5.90. The zero-order valence-corrected chi connectivity index (χ0v) is 15.9. The van der Waals surface area contributed by atoms with E-state index in [2.05, 4.69) is 25.9 Å². The maximum Gasteiger partial charge on any atom is 0.322 e. The predicted octanol–water partition coefficient (Wildman–Crippen LogP) is 2.64. The number of amides is 2. The molecule has 0 bridgehead atoms. The molecule has 0 radical (unpaired) electrons. The second-order valence-corrected chi connectivity index (χ2v) is 7.08. The van der Waals surface area contributed by atoms with Gasteiger partial charge >= 0.3 is 6.03 Å². The van der Waals surface area contributed by atoms with Crippen LogP contribution in [0, 0.1) is 6.92 Å². The molecule has 9 heteroatoms. The van der Waals surface area contributed by atoms with Crippen LogP contribution in [-0.2, 0) is 6.54 Å². The summed E-state index contributed by atoms with van der Waals surface area (Å²) in [6, 6.07) is 7.87. The molecule has 0 spiro atoms. The molecular weight excluding hydrogens is 356 g/mol. The van der Waals surface area contributed by atoms with Gasteiger partial charge in [-0.2, -0.15) is 5.10 Å². The highest BCUT2D eigenvalue weighted by Gasteiger charge is 2.27. The van der Waals surface area contributed by atoms with Crippen molar-refractivity contribution in [3.63, 3.8) is 0 Å². The normalized spacial score (nSPS) is 16.9. The Bertz CT molecular complexity index is 906. The number of benzene rings is 1. The number of rotatable bonds is 5. The lowest BCUT2D eigenvalue weighted by molar-refractivity contribution is 0.154. The molecular formula is C19H24N8O. The summed E-state index contributed by atoms with van der Waals surface area (Å²) >= 11 is 0. The van der Waals surface area contributed by atoms with Crippen molar-refractivity contribution in [1.82, 2.24) is 34.9 Å². The fraction of sp³-hybridized carbons (Fsp3) is 0.421. The number of urea groups is 1. The topological polar surface area (TPSA) is 93.8 Å². The molecule has 1 aliphatic heterocycles. The van der Waals surface area contributed by atoms with Crippen molar-refractivity contribution in [1.29, 1.82) is 0 Å². The van der Waals surface area contributed by atoms with E-state index in [4.69, 9.17) is 0 Å². The van der Waals surface area contributed by atoms with Gasteiger partial charge in [-0.05, 0) is 66.8 Å². The number of hydrogen-bond acceptors (Lipinski definition) is 5. The number of nitrogens with one attached hydrogen (secondary N) is 1. The third-order valence-electron chi connectivity index (χ3n) is 5.21. The van der Waals surface area contributed by atoms with E-state index in [0.717, 1.165) is 55.7 Å². The van der Waals surface area contributed by atoms with Crippen LogP contribution < -0.4 is 5.32 Å². The first kappa shape index (κ1) is 18.1. The number of nitrogens with zero attached hydrogens (tertiary/aromatic N) is 7. The average molecular weight is 380 g/mol. The number of likely N-dealkylation sites (tertiary alicyclic amines) is 1. The number of anilines is 1. The largest absolute Gasteiger partial charge is 0.322 e. The monoisotopic (exact) mass is 380 g/mol. The molecule has 1 fully saturated rings. The molecule has 1 saturated heterocycles. The van der Waals surface area contributed by atoms with Gasteiger partial charge < -0.3 is 10.2 Å². The van der Waals surface area contributed by atoms with Crippen LogP contribution in [0.5, 0.6) is 0 Å². The summed E-state index contributed by atoms with van der Waals surface area (Å²) in [4.78, 5) is 15.0. The number of tetrazole rings is 1. The number of aromatic nitrogens is 6. The molecule has 0 saturated carbocycles. The van der Waals surface area contributed by atoms with Gasteiger partial charge in [-0.15, -0.1) is 5.10 Å². The summed E-state index contributed by atoms with van der Waals surface area (Å²) in [6.07, 6.45) is 9.40. The number of hydrogen-bond donors (Lipinski definition) is 1. The third kappa shape index (κ3) is 4.03. The molecule has 4 rings (SSSR count). The molecule has 9 nitrogen and oxygen atoms in total. The van der Waals surface area contributed by atoms with Gasteiger partial charge in [-0.1, -0.05) is 6.07 Å². The van der Waals surface area contributed by atoms with E-state index in [1.807, 2.05) is 47.0 Å². The number of piperidine rings is 1. The Labute approximate surface area is 163 Å². The standard InChI is InChI=1S/C19H24N8O/c1-15-6-7-17(27-14-20-23-24-27)13-18(15)22-19(28)26-11-3-2-5-16(26)8-12-25-10-4-9-21-25/h4,6-7,9-10,13-14,16H,2-3,5,8,11-12H2,1H3,(H,22,28)/t16-/m1/s1. The highest BCUT2D eigenvalue weighted by Crippen LogP contribution is 2.24. The van der Waals surface area contributed by atoms with Gasteiger partial charge in [-0.25, -0.2) is 9.48 Å². The molecule has 3 heterocycles. The van der Waals surface area contributed by atoms with Crippen molar-refractivity contribution < 1.29 is 4.79 Å². The smallest absolute Gasteiger partial charge is 0.321 e. The van der Waals surface area contributed by atoms with Crippen molar-refractivity contribution in [3.05, 3.63) is 48.5 Å². The van der Waals surface area contributed by atoms with Gasteiger partial charge in [0.2, 0.25) is 0 Å². The molecule has 1 N–H and O–H groups in total. The van der Waals surface area contributed by atoms with Crippen LogP contribution in [0.2, 0.25) is 0 Å². The lowest BCUT2D eigenvalue weighted by Gasteiger charge is -2.36. The minimum absolute atomic E-state index is 0.0536. The maximum atomic E-state index is 13.0. The van der Waals surface area contributed by atoms with E-state index >= 15 is 0 Å². The Morgan fingerprint density at radius 2 is 2.25 bits per heavy atom. The molecule has 0 unspecified atom stereocenters. The van der Waals surface area contributed by atoms with Crippen LogP contribution in [0.4, 0.5) is 10.5 Å². The maximum absolute atomic E-state index is 13.0. The molecule has 1 atom stereocenters. The van der Waals surface area contributed by atoms with Crippen LogP contribution in [0.15, 0.2) is 43.0 Å². The van der Waals surface area contributed by atoms with Crippen molar-refractivity contribution in [2.75, 3.05) is 11.9 Å². The Kier molecular flexibility index (Phi) is 5.31. The molecule has 28 heavy (non-hydrogen) atoms. The Morgan fingerprint density at radius 1 is 1.32 bits per heavy atom. The quantitative estimate of drug-likeness (QED) is 0.734. The summed E-state index contributed by atoms with van der Waals surface area (Å²) in [7, 11) is 0. The summed E-state index contributed by atoms with van der Waals surface area (Å²) in [5, 5.41) is 18.6. The molecule has 1 aliphatic rings. The fourth-order valence-corrected chi connectivity index (χ4v) is 3.64. The minimum atomic E-state index is -0.0536. The van der Waals surface area contributed by atoms with Gasteiger partial charge in [0.25, 0.3) is 0 Å². The van der Waals surface area contributed by atoms with E-state index in [1.54, 1.807) is 10.9 Å². The Balaban J connectivity index is 1.46. The second-order valence-electron chi connectivity index (χ2n) is 7.08. The van der Waals surface area contributed by atoms with Gasteiger partial charge in [0.15, 0.2) is 0 Å². The SMILES string of the molecule is Cc1ccc(-n2cnnn2)cc1NC(=O)N1CCCC[C@@H]1CCn1cccn1. The molecule has 2 aromatic heterocycles. The van der Waals surface area contributed by atoms with Crippen LogP contribution in [0.3, 0.4) is 0 Å². The average Bonchev–Trinajstić information content (AvgIpc) is 3.42. The van der Waals surface area contributed by atoms with E-state index in [-0.39, 0.29) is 12.1 Å². The van der Waals surface area contributed by atoms with Gasteiger partial charge in [-0.3, -0.25) is 4.68 Å². The Hall–Kier alpha value is -3.23. The zero-order chi connectivity index (χ0) is 19.3. The molecule has 3 aromatic rings. The number of aryl methyl sites for hydroxylation is 2. The fourth-order valence-electron chi connectivity index (χ4n) is 3.64. The highest BCUT2D eigenvalue weighted by atomic mass is 16.2. The Morgan fingerprint density at radius 3 is 3.04 bits per heavy atom. The summed E-state index contributed by atoms with van der Waals surface area (Å²) < 4.78 is 3.49. The van der Waals surface area contributed by atoms with Crippen molar-refractivity contribution in [2.45, 2.75) is 45.2 Å². The first-order valence-corrected chi connectivity index (χ1v) is 9.60. The van der Waals surface area contributed by atoms with E-state index in [0.29, 0.717) is 0 Å². The van der Waals surface area contributed by atoms with Gasteiger partial charge in [0.05, 0.1) is 5.69 Å². The lowest BCUT2D eigenvalue weighted by Crippen LogP contribution is -2.46. The van der Waals surface area contributed by atoms with Crippen molar-refractivity contribution >= 4 is 11.7 Å². The molecule has 2 amide bonds. The zero-order valence-electron chi connectivity index (χ0n) is 15.9.